The molecule has 0 spiro atoms. The number of benzene rings is 2. The molecule has 100 valence electrons. The molecule has 0 atom stereocenters. The molecule has 3 heteroatoms. The van der Waals surface area contributed by atoms with Crippen molar-refractivity contribution in [2.45, 2.75) is 26.3 Å². The minimum absolute atomic E-state index is 0.301. The smallest absolute Gasteiger partial charge is 0.134 e. The predicted octanol–water partition coefficient (Wildman–Crippen LogP) is 4.89. The molecule has 0 aliphatic carbocycles. The van der Waals surface area contributed by atoms with Crippen LogP contribution in [0.4, 0.5) is 5.69 Å². The molecule has 19 heavy (non-hydrogen) atoms. The van der Waals surface area contributed by atoms with Gasteiger partial charge in [0, 0.05) is 17.8 Å². The third kappa shape index (κ3) is 3.51. The van der Waals surface area contributed by atoms with Crippen LogP contribution in [0.1, 0.15) is 30.9 Å². The van der Waals surface area contributed by atoms with E-state index in [9.17, 15) is 5.11 Å². The first-order valence-corrected chi connectivity index (χ1v) is 7.17. The van der Waals surface area contributed by atoms with Crippen molar-refractivity contribution in [1.29, 1.82) is 0 Å². The van der Waals surface area contributed by atoms with Crippen LogP contribution in [0, 0.1) is 0 Å². The largest absolute Gasteiger partial charge is 0.506 e. The number of halogens is 1. The van der Waals surface area contributed by atoms with Gasteiger partial charge in [-0.2, -0.15) is 0 Å². The summed E-state index contributed by atoms with van der Waals surface area (Å²) in [7, 11) is 0. The van der Waals surface area contributed by atoms with Gasteiger partial charge in [-0.25, -0.2) is 0 Å². The zero-order chi connectivity index (χ0) is 13.8. The first-order valence-electron chi connectivity index (χ1n) is 6.38. The van der Waals surface area contributed by atoms with Gasteiger partial charge in [0.25, 0.3) is 0 Å². The topological polar surface area (TPSA) is 32.3 Å². The maximum atomic E-state index is 9.93. The number of phenolic OH excluding ortho intramolecular Hbond substituents is 1. The van der Waals surface area contributed by atoms with Gasteiger partial charge in [0.2, 0.25) is 0 Å². The Hall–Kier alpha value is -1.48. The van der Waals surface area contributed by atoms with Crippen LogP contribution >= 0.6 is 15.9 Å². The quantitative estimate of drug-likeness (QED) is 0.840. The highest BCUT2D eigenvalue weighted by Gasteiger charge is 2.05. The van der Waals surface area contributed by atoms with Crippen molar-refractivity contribution < 1.29 is 5.11 Å². The summed E-state index contributed by atoms with van der Waals surface area (Å²) >= 11 is 3.33. The summed E-state index contributed by atoms with van der Waals surface area (Å²) in [5, 5.41) is 13.3. The molecule has 2 N–H and O–H groups in total. The van der Waals surface area contributed by atoms with E-state index in [0.29, 0.717) is 18.2 Å². The molecular formula is C16H18BrNO. The Morgan fingerprint density at radius 3 is 2.63 bits per heavy atom. The van der Waals surface area contributed by atoms with Crippen molar-refractivity contribution >= 4 is 21.6 Å². The highest BCUT2D eigenvalue weighted by molar-refractivity contribution is 9.10. The van der Waals surface area contributed by atoms with Crippen LogP contribution in [0.25, 0.3) is 0 Å². The number of anilines is 1. The molecule has 0 amide bonds. The lowest BCUT2D eigenvalue weighted by atomic mass is 10.0. The number of phenols is 1. The van der Waals surface area contributed by atoms with Gasteiger partial charge >= 0.3 is 0 Å². The highest BCUT2D eigenvalue weighted by Crippen LogP contribution is 2.28. The lowest BCUT2D eigenvalue weighted by molar-refractivity contribution is 0.465. The summed E-state index contributed by atoms with van der Waals surface area (Å²) in [4.78, 5) is 0. The first kappa shape index (κ1) is 13.9. The number of hydrogen-bond donors (Lipinski definition) is 2. The summed E-state index contributed by atoms with van der Waals surface area (Å²) < 4.78 is 0.725. The van der Waals surface area contributed by atoms with Crippen molar-refractivity contribution in [2.75, 3.05) is 5.32 Å². The summed E-state index contributed by atoms with van der Waals surface area (Å²) in [6.45, 7) is 4.96. The molecule has 0 radical (unpaired) electrons. The molecule has 0 unspecified atom stereocenters. The Bertz CT molecular complexity index is 566. The van der Waals surface area contributed by atoms with Gasteiger partial charge in [0.1, 0.15) is 5.75 Å². The van der Waals surface area contributed by atoms with Crippen molar-refractivity contribution in [1.82, 2.24) is 0 Å². The second-order valence-electron chi connectivity index (χ2n) is 4.88. The Morgan fingerprint density at radius 2 is 1.89 bits per heavy atom. The predicted molar refractivity (Wildman–Crippen MR) is 83.7 cm³/mol. The zero-order valence-corrected chi connectivity index (χ0v) is 12.7. The number of nitrogens with one attached hydrogen (secondary N) is 1. The molecule has 2 nitrogen and oxygen atoms in total. The molecule has 0 fully saturated rings. The number of rotatable bonds is 4. The summed E-state index contributed by atoms with van der Waals surface area (Å²) in [5.74, 6) is 0.816. The molecule has 0 heterocycles. The van der Waals surface area contributed by atoms with Gasteiger partial charge in [-0.05, 0) is 45.6 Å². The standard InChI is InChI=1S/C16H18BrNO/c1-11(2)12-5-3-7-14(9-12)18-10-13-6-4-8-15(17)16(13)19/h3-9,11,18-19H,10H2,1-2H3. The molecule has 0 aliphatic heterocycles. The van der Waals surface area contributed by atoms with Gasteiger partial charge in [0.05, 0.1) is 4.47 Å². The van der Waals surface area contributed by atoms with E-state index in [-0.39, 0.29) is 0 Å². The molecule has 2 aromatic carbocycles. The fraction of sp³-hybridized carbons (Fsp3) is 0.250. The van der Waals surface area contributed by atoms with E-state index in [1.54, 1.807) is 0 Å². The minimum Gasteiger partial charge on any atom is -0.506 e. The van der Waals surface area contributed by atoms with Gasteiger partial charge in [-0.15, -0.1) is 0 Å². The van der Waals surface area contributed by atoms with Crippen LogP contribution in [0.2, 0.25) is 0 Å². The summed E-state index contributed by atoms with van der Waals surface area (Å²) in [6.07, 6.45) is 0. The highest BCUT2D eigenvalue weighted by atomic mass is 79.9. The number of para-hydroxylation sites is 1. The molecule has 0 aliphatic rings. The Morgan fingerprint density at radius 1 is 1.16 bits per heavy atom. The van der Waals surface area contributed by atoms with Crippen molar-refractivity contribution in [3.05, 3.63) is 58.1 Å². The van der Waals surface area contributed by atoms with Crippen LogP contribution < -0.4 is 5.32 Å². The molecule has 0 saturated carbocycles. The average Bonchev–Trinajstić information content (AvgIpc) is 2.41. The van der Waals surface area contributed by atoms with Crippen molar-refractivity contribution in [3.63, 3.8) is 0 Å². The summed E-state index contributed by atoms with van der Waals surface area (Å²) in [5.41, 5.74) is 3.26. The van der Waals surface area contributed by atoms with E-state index in [1.807, 2.05) is 24.3 Å². The molecular weight excluding hydrogens is 302 g/mol. The van der Waals surface area contributed by atoms with E-state index in [4.69, 9.17) is 0 Å². The van der Waals surface area contributed by atoms with E-state index < -0.39 is 0 Å². The molecule has 0 bridgehead atoms. The van der Waals surface area contributed by atoms with Gasteiger partial charge in [-0.3, -0.25) is 0 Å². The van der Waals surface area contributed by atoms with Crippen molar-refractivity contribution in [2.24, 2.45) is 0 Å². The normalized spacial score (nSPS) is 10.7. The van der Waals surface area contributed by atoms with Gasteiger partial charge < -0.3 is 10.4 Å². The third-order valence-corrected chi connectivity index (χ3v) is 3.75. The van der Waals surface area contributed by atoms with E-state index in [0.717, 1.165) is 15.7 Å². The maximum Gasteiger partial charge on any atom is 0.134 e. The first-order chi connectivity index (χ1) is 9.08. The second-order valence-corrected chi connectivity index (χ2v) is 5.74. The summed E-state index contributed by atoms with van der Waals surface area (Å²) in [6, 6.07) is 14.1. The van der Waals surface area contributed by atoms with Crippen LogP contribution in [-0.4, -0.2) is 5.11 Å². The molecule has 2 rings (SSSR count). The lowest BCUT2D eigenvalue weighted by Gasteiger charge is -2.11. The van der Waals surface area contributed by atoms with Crippen LogP contribution in [0.3, 0.4) is 0 Å². The minimum atomic E-state index is 0.301. The zero-order valence-electron chi connectivity index (χ0n) is 11.2. The monoisotopic (exact) mass is 319 g/mol. The fourth-order valence-electron chi connectivity index (χ4n) is 1.91. The van der Waals surface area contributed by atoms with E-state index >= 15 is 0 Å². The van der Waals surface area contributed by atoms with Crippen LogP contribution in [0.15, 0.2) is 46.9 Å². The van der Waals surface area contributed by atoms with Crippen molar-refractivity contribution in [3.8, 4) is 5.75 Å². The van der Waals surface area contributed by atoms with Crippen LogP contribution in [0.5, 0.6) is 5.75 Å². The van der Waals surface area contributed by atoms with E-state index in [1.165, 1.54) is 5.56 Å². The Kier molecular flexibility index (Phi) is 4.48. The fourth-order valence-corrected chi connectivity index (χ4v) is 2.31. The van der Waals surface area contributed by atoms with Crippen LogP contribution in [-0.2, 0) is 6.54 Å². The lowest BCUT2D eigenvalue weighted by Crippen LogP contribution is -2.00. The Labute approximate surface area is 122 Å². The maximum absolute atomic E-state index is 9.93. The number of aromatic hydroxyl groups is 1. The third-order valence-electron chi connectivity index (χ3n) is 3.11. The SMILES string of the molecule is CC(C)c1cccc(NCc2cccc(Br)c2O)c1. The van der Waals surface area contributed by atoms with Gasteiger partial charge in [0.15, 0.2) is 0 Å². The average molecular weight is 320 g/mol. The molecule has 0 aromatic heterocycles. The molecule has 2 aromatic rings. The van der Waals surface area contributed by atoms with Gasteiger partial charge in [-0.1, -0.05) is 38.1 Å². The van der Waals surface area contributed by atoms with E-state index in [2.05, 4.69) is 53.3 Å². The number of hydrogen-bond acceptors (Lipinski definition) is 2. The molecule has 0 saturated heterocycles. The second kappa shape index (κ2) is 6.11. The Balaban J connectivity index is 2.10.